The van der Waals surface area contributed by atoms with E-state index in [1.807, 2.05) is 19.1 Å². The monoisotopic (exact) mass is 434 g/mol. The predicted octanol–water partition coefficient (Wildman–Crippen LogP) is 4.07. The van der Waals surface area contributed by atoms with Crippen molar-refractivity contribution in [3.63, 3.8) is 0 Å². The van der Waals surface area contributed by atoms with Gasteiger partial charge in [-0.2, -0.15) is 4.31 Å². The molecule has 1 fully saturated rings. The molecule has 5 nitrogen and oxygen atoms in total. The minimum absolute atomic E-state index is 0.188. The van der Waals surface area contributed by atoms with Gasteiger partial charge in [0.1, 0.15) is 0 Å². The molecule has 0 aromatic heterocycles. The molecule has 0 amide bonds. The second-order valence-corrected chi connectivity index (χ2v) is 10.2. The van der Waals surface area contributed by atoms with E-state index in [0.717, 1.165) is 12.1 Å². The molecule has 1 saturated heterocycles. The molecular formula is C25H26N2O3S. The van der Waals surface area contributed by atoms with Crippen LogP contribution in [0.3, 0.4) is 0 Å². The molecule has 6 heteroatoms. The average molecular weight is 435 g/mol. The standard InChI is InChI=1S/C25H26N2O3S/c1-19-10-12-22(13-11-19)31(28,29)27-14-15-30-21(18-27)17-26-16-20-6-2-3-7-23(20)24-8-4-5-9-25(24)26/h2-13,21H,14-18H2,1H3. The van der Waals surface area contributed by atoms with E-state index in [4.69, 9.17) is 4.74 Å². The van der Waals surface area contributed by atoms with E-state index >= 15 is 0 Å². The first-order valence-electron chi connectivity index (χ1n) is 10.6. The smallest absolute Gasteiger partial charge is 0.243 e. The van der Waals surface area contributed by atoms with Crippen molar-refractivity contribution in [3.05, 3.63) is 83.9 Å². The molecule has 0 N–H and O–H groups in total. The van der Waals surface area contributed by atoms with Crippen LogP contribution in [0.25, 0.3) is 11.1 Å². The minimum Gasteiger partial charge on any atom is -0.374 e. The zero-order chi connectivity index (χ0) is 21.4. The molecule has 0 bridgehead atoms. The summed E-state index contributed by atoms with van der Waals surface area (Å²) in [4.78, 5) is 2.65. The quantitative estimate of drug-likeness (QED) is 0.621. The fraction of sp³-hybridized carbons (Fsp3) is 0.280. The molecule has 2 aliphatic heterocycles. The number of hydrogen-bond acceptors (Lipinski definition) is 4. The van der Waals surface area contributed by atoms with Crippen LogP contribution in [0.1, 0.15) is 11.1 Å². The van der Waals surface area contributed by atoms with E-state index in [0.29, 0.717) is 31.1 Å². The highest BCUT2D eigenvalue weighted by Crippen LogP contribution is 2.39. The zero-order valence-electron chi connectivity index (χ0n) is 17.6. The Bertz CT molecular complexity index is 1190. The molecule has 3 aromatic rings. The Morgan fingerprint density at radius 2 is 1.65 bits per heavy atom. The van der Waals surface area contributed by atoms with Crippen LogP contribution in [-0.4, -0.2) is 45.1 Å². The van der Waals surface area contributed by atoms with Crippen LogP contribution in [0.5, 0.6) is 0 Å². The maximum Gasteiger partial charge on any atom is 0.243 e. The Balaban J connectivity index is 1.37. The lowest BCUT2D eigenvalue weighted by Gasteiger charge is -2.38. The summed E-state index contributed by atoms with van der Waals surface area (Å²) in [6, 6.07) is 23.9. The zero-order valence-corrected chi connectivity index (χ0v) is 18.4. The lowest BCUT2D eigenvalue weighted by molar-refractivity contribution is 0.00327. The summed E-state index contributed by atoms with van der Waals surface area (Å²) in [5, 5.41) is 0. The number of anilines is 1. The summed E-state index contributed by atoms with van der Waals surface area (Å²) < 4.78 is 33.9. The number of benzene rings is 3. The third-order valence-electron chi connectivity index (χ3n) is 6.10. The molecule has 0 aliphatic carbocycles. The Labute approximate surface area is 183 Å². The number of hydrogen-bond donors (Lipinski definition) is 0. The van der Waals surface area contributed by atoms with Gasteiger partial charge in [0.2, 0.25) is 10.0 Å². The maximum absolute atomic E-state index is 13.2. The molecule has 1 unspecified atom stereocenters. The van der Waals surface area contributed by atoms with Crippen LogP contribution >= 0.6 is 0 Å². The van der Waals surface area contributed by atoms with E-state index in [1.54, 1.807) is 16.4 Å². The molecule has 2 aliphatic rings. The topological polar surface area (TPSA) is 49.9 Å². The first kappa shape index (κ1) is 20.2. The Morgan fingerprint density at radius 1 is 0.935 bits per heavy atom. The highest BCUT2D eigenvalue weighted by atomic mass is 32.2. The molecule has 0 radical (unpaired) electrons. The van der Waals surface area contributed by atoms with Gasteiger partial charge in [-0.15, -0.1) is 0 Å². The van der Waals surface area contributed by atoms with Crippen molar-refractivity contribution in [2.24, 2.45) is 0 Å². The number of ether oxygens (including phenoxy) is 1. The van der Waals surface area contributed by atoms with Crippen LogP contribution in [0.15, 0.2) is 77.7 Å². The number of fused-ring (bicyclic) bond motifs is 3. The molecule has 31 heavy (non-hydrogen) atoms. The summed E-state index contributed by atoms with van der Waals surface area (Å²) in [7, 11) is -3.53. The largest absolute Gasteiger partial charge is 0.374 e. The summed E-state index contributed by atoms with van der Waals surface area (Å²) in [6.07, 6.45) is -0.188. The molecule has 2 heterocycles. The van der Waals surface area contributed by atoms with Crippen LogP contribution < -0.4 is 4.90 Å². The fourth-order valence-electron chi connectivity index (χ4n) is 4.48. The van der Waals surface area contributed by atoms with Crippen LogP contribution in [0, 0.1) is 6.92 Å². The van der Waals surface area contributed by atoms with Gasteiger partial charge in [-0.1, -0.05) is 60.2 Å². The van der Waals surface area contributed by atoms with E-state index in [2.05, 4.69) is 53.4 Å². The van der Waals surface area contributed by atoms with Crippen molar-refractivity contribution < 1.29 is 13.2 Å². The molecular weight excluding hydrogens is 408 g/mol. The van der Waals surface area contributed by atoms with Gasteiger partial charge in [0.15, 0.2) is 0 Å². The number of para-hydroxylation sites is 1. The Kier molecular flexibility index (Phi) is 5.30. The van der Waals surface area contributed by atoms with Crippen LogP contribution in [0.2, 0.25) is 0 Å². The number of aryl methyl sites for hydroxylation is 1. The minimum atomic E-state index is -3.53. The Morgan fingerprint density at radius 3 is 2.45 bits per heavy atom. The first-order valence-corrected chi connectivity index (χ1v) is 12.1. The number of morpholine rings is 1. The molecule has 0 saturated carbocycles. The van der Waals surface area contributed by atoms with Crippen molar-refractivity contribution in [2.75, 3.05) is 31.1 Å². The van der Waals surface area contributed by atoms with Gasteiger partial charge in [0.25, 0.3) is 0 Å². The van der Waals surface area contributed by atoms with Crippen molar-refractivity contribution >= 4 is 15.7 Å². The molecule has 1 atom stereocenters. The highest BCUT2D eigenvalue weighted by Gasteiger charge is 2.33. The van der Waals surface area contributed by atoms with Crippen LogP contribution in [0.4, 0.5) is 5.69 Å². The van der Waals surface area contributed by atoms with Gasteiger partial charge in [0.05, 0.1) is 17.6 Å². The molecule has 3 aromatic carbocycles. The van der Waals surface area contributed by atoms with Crippen LogP contribution in [-0.2, 0) is 21.3 Å². The second-order valence-electron chi connectivity index (χ2n) is 8.22. The lowest BCUT2D eigenvalue weighted by Crippen LogP contribution is -2.49. The highest BCUT2D eigenvalue weighted by molar-refractivity contribution is 7.89. The van der Waals surface area contributed by atoms with Crippen molar-refractivity contribution in [2.45, 2.75) is 24.5 Å². The van der Waals surface area contributed by atoms with Gasteiger partial charge in [-0.3, -0.25) is 0 Å². The number of nitrogens with zero attached hydrogens (tertiary/aromatic N) is 2. The first-order chi connectivity index (χ1) is 15.0. The summed E-state index contributed by atoms with van der Waals surface area (Å²) in [5.41, 5.74) is 5.97. The van der Waals surface area contributed by atoms with E-state index in [9.17, 15) is 8.42 Å². The third kappa shape index (κ3) is 3.87. The second kappa shape index (κ2) is 8.11. The molecule has 160 valence electrons. The van der Waals surface area contributed by atoms with Crippen molar-refractivity contribution in [1.29, 1.82) is 0 Å². The normalized spacial score (nSPS) is 19.0. The van der Waals surface area contributed by atoms with Crippen molar-refractivity contribution in [1.82, 2.24) is 4.31 Å². The van der Waals surface area contributed by atoms with Gasteiger partial charge < -0.3 is 9.64 Å². The Hall–Kier alpha value is -2.67. The SMILES string of the molecule is Cc1ccc(S(=O)(=O)N2CCOC(CN3Cc4ccccc4-c4ccccc43)C2)cc1. The fourth-order valence-corrected chi connectivity index (χ4v) is 5.93. The number of sulfonamides is 1. The van der Waals surface area contributed by atoms with Gasteiger partial charge >= 0.3 is 0 Å². The van der Waals surface area contributed by atoms with E-state index in [1.165, 1.54) is 22.4 Å². The summed E-state index contributed by atoms with van der Waals surface area (Å²) in [5.74, 6) is 0. The lowest BCUT2D eigenvalue weighted by atomic mass is 9.93. The average Bonchev–Trinajstić information content (AvgIpc) is 2.80. The third-order valence-corrected chi connectivity index (χ3v) is 7.98. The van der Waals surface area contributed by atoms with Crippen molar-refractivity contribution in [3.8, 4) is 11.1 Å². The molecule has 0 spiro atoms. The van der Waals surface area contributed by atoms with Gasteiger partial charge in [-0.05, 0) is 36.2 Å². The van der Waals surface area contributed by atoms with E-state index in [-0.39, 0.29) is 6.10 Å². The van der Waals surface area contributed by atoms with E-state index < -0.39 is 10.0 Å². The summed E-state index contributed by atoms with van der Waals surface area (Å²) >= 11 is 0. The number of rotatable bonds is 4. The van der Waals surface area contributed by atoms with Gasteiger partial charge in [0, 0.05) is 37.4 Å². The maximum atomic E-state index is 13.2. The molecule has 5 rings (SSSR count). The predicted molar refractivity (Wildman–Crippen MR) is 123 cm³/mol. The summed E-state index contributed by atoms with van der Waals surface area (Å²) in [6.45, 7) is 4.53. The van der Waals surface area contributed by atoms with Gasteiger partial charge in [-0.25, -0.2) is 8.42 Å².